The van der Waals surface area contributed by atoms with Gasteiger partial charge in [-0.25, -0.2) is 8.42 Å². The molecule has 3 heterocycles. The number of sulfonamides is 1. The number of nitrogens with zero attached hydrogens (tertiary/aromatic N) is 3. The van der Waals surface area contributed by atoms with Crippen molar-refractivity contribution in [2.75, 3.05) is 19.6 Å². The average Bonchev–Trinajstić information content (AvgIpc) is 3.10. The molecule has 112 valence electrons. The van der Waals surface area contributed by atoms with Gasteiger partial charge in [-0.2, -0.15) is 9.40 Å². The van der Waals surface area contributed by atoms with E-state index in [9.17, 15) is 8.42 Å². The maximum Gasteiger partial charge on any atom is 0.246 e. The minimum atomic E-state index is -3.36. The van der Waals surface area contributed by atoms with Gasteiger partial charge < -0.3 is 5.32 Å². The van der Waals surface area contributed by atoms with Crippen LogP contribution in [0.25, 0.3) is 0 Å². The third-order valence-corrected chi connectivity index (χ3v) is 6.34. The molecule has 0 spiro atoms. The molecule has 6 nitrogen and oxygen atoms in total. The molecule has 20 heavy (non-hydrogen) atoms. The summed E-state index contributed by atoms with van der Waals surface area (Å²) in [6.07, 6.45) is 7.40. The van der Waals surface area contributed by atoms with E-state index in [0.29, 0.717) is 29.9 Å². The molecule has 0 saturated carbocycles. The lowest BCUT2D eigenvalue weighted by Crippen LogP contribution is -2.43. The van der Waals surface area contributed by atoms with E-state index in [4.69, 9.17) is 0 Å². The SMILES string of the molecule is Cn1cc(S(=O)(=O)N2CCC(C3CCCN3)CC2)cn1. The molecule has 0 bridgehead atoms. The molecule has 1 N–H and O–H groups in total. The van der Waals surface area contributed by atoms with Crippen LogP contribution in [0.15, 0.2) is 17.3 Å². The van der Waals surface area contributed by atoms with Crippen molar-refractivity contribution in [3.63, 3.8) is 0 Å². The van der Waals surface area contributed by atoms with E-state index in [1.54, 1.807) is 17.5 Å². The Hall–Kier alpha value is -0.920. The summed E-state index contributed by atoms with van der Waals surface area (Å²) in [7, 11) is -1.63. The van der Waals surface area contributed by atoms with Gasteiger partial charge in [0, 0.05) is 32.4 Å². The molecular formula is C13H22N4O2S. The minimum absolute atomic E-state index is 0.303. The predicted molar refractivity (Wildman–Crippen MR) is 75.7 cm³/mol. The van der Waals surface area contributed by atoms with E-state index in [1.807, 2.05) is 0 Å². The first-order valence-electron chi connectivity index (χ1n) is 7.29. The fraction of sp³-hybridized carbons (Fsp3) is 0.769. The molecule has 0 aliphatic carbocycles. The molecule has 0 radical (unpaired) electrons. The predicted octanol–water partition coefficient (Wildman–Crippen LogP) is 0.573. The van der Waals surface area contributed by atoms with E-state index in [0.717, 1.165) is 19.4 Å². The monoisotopic (exact) mass is 298 g/mol. The fourth-order valence-electron chi connectivity index (χ4n) is 3.31. The lowest BCUT2D eigenvalue weighted by Gasteiger charge is -2.33. The lowest BCUT2D eigenvalue weighted by molar-refractivity contribution is 0.234. The first kappa shape index (κ1) is 14.0. The van der Waals surface area contributed by atoms with Crippen LogP contribution >= 0.6 is 0 Å². The molecule has 2 aliphatic rings. The number of aromatic nitrogens is 2. The fourth-order valence-corrected chi connectivity index (χ4v) is 4.77. The summed E-state index contributed by atoms with van der Waals surface area (Å²) in [5.41, 5.74) is 0. The molecule has 2 aliphatic heterocycles. The van der Waals surface area contributed by atoms with Crippen LogP contribution in [0.4, 0.5) is 0 Å². The molecule has 3 rings (SSSR count). The van der Waals surface area contributed by atoms with Gasteiger partial charge in [0.05, 0.1) is 6.20 Å². The summed E-state index contributed by atoms with van der Waals surface area (Å²) < 4.78 is 28.1. The highest BCUT2D eigenvalue weighted by Crippen LogP contribution is 2.28. The van der Waals surface area contributed by atoms with Crippen LogP contribution in [0.3, 0.4) is 0 Å². The van der Waals surface area contributed by atoms with Gasteiger partial charge in [0.15, 0.2) is 0 Å². The standard InChI is InChI=1S/C13H22N4O2S/c1-16-10-12(9-15-16)20(18,19)17-7-4-11(5-8-17)13-3-2-6-14-13/h9-11,13-14H,2-8H2,1H3. The van der Waals surface area contributed by atoms with Crippen molar-refractivity contribution < 1.29 is 8.42 Å². The summed E-state index contributed by atoms with van der Waals surface area (Å²) in [5, 5.41) is 7.49. The second-order valence-electron chi connectivity index (χ2n) is 5.79. The van der Waals surface area contributed by atoms with Crippen molar-refractivity contribution >= 4 is 10.0 Å². The third-order valence-electron chi connectivity index (χ3n) is 4.49. The normalized spacial score (nSPS) is 26.1. The van der Waals surface area contributed by atoms with Crippen molar-refractivity contribution in [3.8, 4) is 0 Å². The van der Waals surface area contributed by atoms with Crippen molar-refractivity contribution in [2.45, 2.75) is 36.6 Å². The Labute approximate surface area is 120 Å². The largest absolute Gasteiger partial charge is 0.314 e. The van der Waals surface area contributed by atoms with Crippen LogP contribution in [-0.4, -0.2) is 48.2 Å². The number of rotatable bonds is 3. The first-order valence-corrected chi connectivity index (χ1v) is 8.73. The van der Waals surface area contributed by atoms with Gasteiger partial charge in [0.2, 0.25) is 10.0 Å². The zero-order chi connectivity index (χ0) is 14.2. The number of piperidine rings is 1. The summed E-state index contributed by atoms with van der Waals surface area (Å²) in [6, 6.07) is 0.596. The molecule has 2 saturated heterocycles. The molecule has 1 aromatic rings. The maximum absolute atomic E-state index is 12.5. The molecule has 0 amide bonds. The summed E-state index contributed by atoms with van der Waals surface area (Å²) in [6.45, 7) is 2.36. The Morgan fingerprint density at radius 1 is 1.30 bits per heavy atom. The van der Waals surface area contributed by atoms with Gasteiger partial charge in [-0.3, -0.25) is 4.68 Å². The number of hydrogen-bond acceptors (Lipinski definition) is 4. The van der Waals surface area contributed by atoms with Crippen molar-refractivity contribution in [1.29, 1.82) is 0 Å². The van der Waals surface area contributed by atoms with Crippen LogP contribution in [0.5, 0.6) is 0 Å². The summed E-state index contributed by atoms with van der Waals surface area (Å²) in [4.78, 5) is 0.303. The van der Waals surface area contributed by atoms with Crippen LogP contribution in [0.1, 0.15) is 25.7 Å². The molecule has 1 aromatic heterocycles. The highest BCUT2D eigenvalue weighted by Gasteiger charge is 2.33. The van der Waals surface area contributed by atoms with E-state index >= 15 is 0 Å². The second-order valence-corrected chi connectivity index (χ2v) is 7.73. The van der Waals surface area contributed by atoms with Gasteiger partial charge in [-0.05, 0) is 38.1 Å². The molecule has 1 unspecified atom stereocenters. The summed E-state index contributed by atoms with van der Waals surface area (Å²) in [5.74, 6) is 0.623. The van der Waals surface area contributed by atoms with Crippen molar-refractivity contribution in [2.24, 2.45) is 13.0 Å². The van der Waals surface area contributed by atoms with Crippen LogP contribution in [0, 0.1) is 5.92 Å². The number of nitrogens with one attached hydrogen (secondary N) is 1. The second kappa shape index (κ2) is 5.46. The van der Waals surface area contributed by atoms with Crippen molar-refractivity contribution in [1.82, 2.24) is 19.4 Å². The average molecular weight is 298 g/mol. The molecule has 7 heteroatoms. The Kier molecular flexibility index (Phi) is 3.83. The van der Waals surface area contributed by atoms with E-state index in [-0.39, 0.29) is 0 Å². The Morgan fingerprint density at radius 2 is 2.05 bits per heavy atom. The van der Waals surface area contributed by atoms with Gasteiger partial charge in [-0.15, -0.1) is 0 Å². The molecule has 1 atom stereocenters. The number of aryl methyl sites for hydroxylation is 1. The van der Waals surface area contributed by atoms with Gasteiger partial charge in [-0.1, -0.05) is 0 Å². The van der Waals surface area contributed by atoms with Gasteiger partial charge in [0.1, 0.15) is 4.90 Å². The van der Waals surface area contributed by atoms with Gasteiger partial charge in [0.25, 0.3) is 0 Å². The maximum atomic E-state index is 12.5. The van der Waals surface area contributed by atoms with Gasteiger partial charge >= 0.3 is 0 Å². The number of hydrogen-bond donors (Lipinski definition) is 1. The zero-order valence-corrected chi connectivity index (χ0v) is 12.6. The van der Waals surface area contributed by atoms with Crippen molar-refractivity contribution in [3.05, 3.63) is 12.4 Å². The molecule has 2 fully saturated rings. The Balaban J connectivity index is 1.65. The first-order chi connectivity index (χ1) is 9.57. The van der Waals surface area contributed by atoms with E-state index in [1.165, 1.54) is 23.7 Å². The van der Waals surface area contributed by atoms with Crippen LogP contribution in [0.2, 0.25) is 0 Å². The van der Waals surface area contributed by atoms with E-state index in [2.05, 4.69) is 10.4 Å². The van der Waals surface area contributed by atoms with Crippen LogP contribution < -0.4 is 5.32 Å². The lowest BCUT2D eigenvalue weighted by atomic mass is 9.89. The topological polar surface area (TPSA) is 67.2 Å². The Bertz CT molecular complexity index is 555. The minimum Gasteiger partial charge on any atom is -0.314 e. The van der Waals surface area contributed by atoms with Crippen LogP contribution in [-0.2, 0) is 17.1 Å². The zero-order valence-electron chi connectivity index (χ0n) is 11.8. The third kappa shape index (κ3) is 2.62. The smallest absolute Gasteiger partial charge is 0.246 e. The Morgan fingerprint density at radius 3 is 2.60 bits per heavy atom. The molecular weight excluding hydrogens is 276 g/mol. The van der Waals surface area contributed by atoms with E-state index < -0.39 is 10.0 Å². The highest BCUT2D eigenvalue weighted by atomic mass is 32.2. The molecule has 0 aromatic carbocycles. The summed E-state index contributed by atoms with van der Waals surface area (Å²) >= 11 is 0. The quantitative estimate of drug-likeness (QED) is 0.886. The highest BCUT2D eigenvalue weighted by molar-refractivity contribution is 7.89.